The largest absolute Gasteiger partial charge is 0.486 e. The van der Waals surface area contributed by atoms with E-state index in [1.54, 1.807) is 0 Å². The van der Waals surface area contributed by atoms with E-state index in [1.165, 1.54) is 0 Å². The highest BCUT2D eigenvalue weighted by atomic mass is 32.2. The van der Waals surface area contributed by atoms with Gasteiger partial charge in [0.05, 0.1) is 11.5 Å². The molecule has 1 aliphatic rings. The fourth-order valence-corrected chi connectivity index (χ4v) is 4.10. The van der Waals surface area contributed by atoms with Gasteiger partial charge in [-0.15, -0.1) is 0 Å². The van der Waals surface area contributed by atoms with Crippen LogP contribution in [0.5, 0.6) is 5.75 Å². The molecule has 2 atom stereocenters. The summed E-state index contributed by atoms with van der Waals surface area (Å²) in [4.78, 5) is 0. The third-order valence-electron chi connectivity index (χ3n) is 3.51. The van der Waals surface area contributed by atoms with Crippen LogP contribution in [0, 0.1) is 6.92 Å². The second-order valence-electron chi connectivity index (χ2n) is 5.59. The Labute approximate surface area is 126 Å². The molecule has 118 valence electrons. The van der Waals surface area contributed by atoms with E-state index in [0.717, 1.165) is 24.1 Å². The van der Waals surface area contributed by atoms with Crippen LogP contribution >= 0.6 is 0 Å². The molecule has 0 spiro atoms. The fraction of sp³-hybridized carbons (Fsp3) is 0.600. The van der Waals surface area contributed by atoms with Crippen LogP contribution in [0.3, 0.4) is 0 Å². The van der Waals surface area contributed by atoms with Crippen molar-refractivity contribution in [3.63, 3.8) is 0 Å². The summed E-state index contributed by atoms with van der Waals surface area (Å²) in [6.45, 7) is 5.68. The third-order valence-corrected chi connectivity index (χ3v) is 5.19. The molecular formula is C15H23NO4S. The average molecular weight is 313 g/mol. The summed E-state index contributed by atoms with van der Waals surface area (Å²) < 4.78 is 28.8. The standard InChI is InChI=1S/C15H23NO4S/c1-3-6-16-8-12-7-11(2)4-5-14(12)20-15-10-21(18,19)9-13(15)17/h4-5,7,13,15-17H,3,6,8-10H2,1-2H3. The van der Waals surface area contributed by atoms with Gasteiger partial charge in [0, 0.05) is 12.1 Å². The molecule has 1 aliphatic heterocycles. The predicted molar refractivity (Wildman–Crippen MR) is 82.3 cm³/mol. The fourth-order valence-electron chi connectivity index (χ4n) is 2.43. The first-order valence-corrected chi connectivity index (χ1v) is 9.09. The number of nitrogens with one attached hydrogen (secondary N) is 1. The van der Waals surface area contributed by atoms with Gasteiger partial charge in [0.25, 0.3) is 0 Å². The molecule has 0 amide bonds. The highest BCUT2D eigenvalue weighted by molar-refractivity contribution is 7.91. The molecule has 2 rings (SSSR count). The van der Waals surface area contributed by atoms with Crippen LogP contribution in [-0.4, -0.2) is 43.8 Å². The van der Waals surface area contributed by atoms with Gasteiger partial charge in [-0.05, 0) is 26.0 Å². The SMILES string of the molecule is CCCNCc1cc(C)ccc1OC1CS(=O)(=O)CC1O. The number of sulfone groups is 1. The van der Waals surface area contributed by atoms with E-state index in [0.29, 0.717) is 12.3 Å². The number of aryl methyl sites for hydroxylation is 1. The van der Waals surface area contributed by atoms with Crippen molar-refractivity contribution >= 4 is 9.84 Å². The first-order chi connectivity index (χ1) is 9.91. The lowest BCUT2D eigenvalue weighted by molar-refractivity contribution is 0.0730. The summed E-state index contributed by atoms with van der Waals surface area (Å²) >= 11 is 0. The maximum absolute atomic E-state index is 11.5. The van der Waals surface area contributed by atoms with E-state index in [9.17, 15) is 13.5 Å². The molecule has 0 radical (unpaired) electrons. The summed E-state index contributed by atoms with van der Waals surface area (Å²) in [6, 6.07) is 5.79. The Bertz CT molecular complexity index is 585. The average Bonchev–Trinajstić information content (AvgIpc) is 2.65. The molecule has 1 saturated heterocycles. The van der Waals surface area contributed by atoms with Crippen molar-refractivity contribution in [1.29, 1.82) is 0 Å². The van der Waals surface area contributed by atoms with Crippen LogP contribution in [0.2, 0.25) is 0 Å². The van der Waals surface area contributed by atoms with E-state index in [4.69, 9.17) is 4.74 Å². The topological polar surface area (TPSA) is 75.6 Å². The van der Waals surface area contributed by atoms with Crippen molar-refractivity contribution in [2.75, 3.05) is 18.1 Å². The molecule has 1 aromatic carbocycles. The van der Waals surface area contributed by atoms with E-state index in [2.05, 4.69) is 12.2 Å². The summed E-state index contributed by atoms with van der Waals surface area (Å²) in [7, 11) is -3.20. The highest BCUT2D eigenvalue weighted by Crippen LogP contribution is 2.25. The highest BCUT2D eigenvalue weighted by Gasteiger charge is 2.38. The van der Waals surface area contributed by atoms with Crippen molar-refractivity contribution in [2.45, 2.75) is 39.0 Å². The molecule has 2 N–H and O–H groups in total. The molecular weight excluding hydrogens is 290 g/mol. The number of ether oxygens (including phenoxy) is 1. The summed E-state index contributed by atoms with van der Waals surface area (Å²) in [5.41, 5.74) is 2.11. The molecule has 5 nitrogen and oxygen atoms in total. The third kappa shape index (κ3) is 4.43. The molecule has 0 aliphatic carbocycles. The van der Waals surface area contributed by atoms with Crippen LogP contribution < -0.4 is 10.1 Å². The molecule has 1 heterocycles. The summed E-state index contributed by atoms with van der Waals surface area (Å²) in [5, 5.41) is 13.1. The van der Waals surface area contributed by atoms with Crippen LogP contribution in [0.4, 0.5) is 0 Å². The second-order valence-corrected chi connectivity index (χ2v) is 7.74. The molecule has 21 heavy (non-hydrogen) atoms. The lowest BCUT2D eigenvalue weighted by atomic mass is 10.1. The Morgan fingerprint density at radius 2 is 2.14 bits per heavy atom. The Balaban J connectivity index is 2.12. The van der Waals surface area contributed by atoms with Crippen molar-refractivity contribution in [1.82, 2.24) is 5.32 Å². The van der Waals surface area contributed by atoms with E-state index < -0.39 is 22.0 Å². The molecule has 1 fully saturated rings. The van der Waals surface area contributed by atoms with Gasteiger partial charge in [0.15, 0.2) is 9.84 Å². The second kappa shape index (κ2) is 6.77. The maximum Gasteiger partial charge on any atom is 0.156 e. The first-order valence-electron chi connectivity index (χ1n) is 7.26. The van der Waals surface area contributed by atoms with Gasteiger partial charge in [0.2, 0.25) is 0 Å². The van der Waals surface area contributed by atoms with E-state index >= 15 is 0 Å². The number of aliphatic hydroxyl groups excluding tert-OH is 1. The van der Waals surface area contributed by atoms with Gasteiger partial charge >= 0.3 is 0 Å². The lowest BCUT2D eigenvalue weighted by Crippen LogP contribution is -2.30. The number of benzene rings is 1. The minimum Gasteiger partial charge on any atom is -0.486 e. The zero-order chi connectivity index (χ0) is 15.5. The first kappa shape index (κ1) is 16.3. The number of hydrogen-bond acceptors (Lipinski definition) is 5. The van der Waals surface area contributed by atoms with E-state index in [-0.39, 0.29) is 11.5 Å². The molecule has 0 aromatic heterocycles. The number of rotatable bonds is 6. The zero-order valence-electron chi connectivity index (χ0n) is 12.5. The zero-order valence-corrected chi connectivity index (χ0v) is 13.3. The van der Waals surface area contributed by atoms with Crippen LogP contribution in [0.25, 0.3) is 0 Å². The molecule has 2 unspecified atom stereocenters. The van der Waals surface area contributed by atoms with Crippen molar-refractivity contribution in [3.05, 3.63) is 29.3 Å². The van der Waals surface area contributed by atoms with Crippen molar-refractivity contribution < 1.29 is 18.3 Å². The molecule has 0 saturated carbocycles. The normalized spacial score (nSPS) is 24.1. The quantitative estimate of drug-likeness (QED) is 0.767. The minimum absolute atomic E-state index is 0.121. The van der Waals surface area contributed by atoms with Crippen molar-refractivity contribution in [2.24, 2.45) is 0 Å². The molecule has 6 heteroatoms. The summed E-state index contributed by atoms with van der Waals surface area (Å²) in [6.07, 6.45) is -0.586. The maximum atomic E-state index is 11.5. The molecule has 1 aromatic rings. The summed E-state index contributed by atoms with van der Waals surface area (Å²) in [5.74, 6) is 0.307. The minimum atomic E-state index is -3.20. The van der Waals surface area contributed by atoms with Crippen LogP contribution in [-0.2, 0) is 16.4 Å². The van der Waals surface area contributed by atoms with Gasteiger partial charge in [-0.25, -0.2) is 8.42 Å². The van der Waals surface area contributed by atoms with Crippen molar-refractivity contribution in [3.8, 4) is 5.75 Å². The Morgan fingerprint density at radius 1 is 1.38 bits per heavy atom. The number of hydrogen-bond donors (Lipinski definition) is 2. The van der Waals surface area contributed by atoms with Gasteiger partial charge in [-0.3, -0.25) is 0 Å². The van der Waals surface area contributed by atoms with Gasteiger partial charge in [-0.2, -0.15) is 0 Å². The monoisotopic (exact) mass is 313 g/mol. The Hall–Kier alpha value is -1.11. The van der Waals surface area contributed by atoms with E-state index in [1.807, 2.05) is 25.1 Å². The van der Waals surface area contributed by atoms with Gasteiger partial charge in [0.1, 0.15) is 18.0 Å². The van der Waals surface area contributed by atoms with Gasteiger partial charge < -0.3 is 15.2 Å². The lowest BCUT2D eigenvalue weighted by Gasteiger charge is -2.19. The molecule has 0 bridgehead atoms. The van der Waals surface area contributed by atoms with Crippen LogP contribution in [0.15, 0.2) is 18.2 Å². The van der Waals surface area contributed by atoms with Gasteiger partial charge in [-0.1, -0.05) is 24.6 Å². The Morgan fingerprint density at radius 3 is 2.76 bits per heavy atom. The number of aliphatic hydroxyl groups is 1. The van der Waals surface area contributed by atoms with Crippen LogP contribution in [0.1, 0.15) is 24.5 Å². The smallest absolute Gasteiger partial charge is 0.156 e. The Kier molecular flexibility index (Phi) is 5.24. The predicted octanol–water partition coefficient (Wildman–Crippen LogP) is 1.03.